The van der Waals surface area contributed by atoms with Crippen molar-refractivity contribution in [3.05, 3.63) is 11.9 Å². The number of unbranched alkanes of at least 4 members (excludes halogenated alkanes) is 4. The molecule has 0 heterocycles. The molecule has 0 aromatic heterocycles. The zero-order valence-corrected chi connectivity index (χ0v) is 8.90. The third-order valence-corrected chi connectivity index (χ3v) is 2.92. The maximum Gasteiger partial charge on any atom is -0.0319 e. The highest BCUT2D eigenvalue weighted by Crippen LogP contribution is 2.15. The number of hydrogen-bond donors (Lipinski definition) is 0. The van der Waals surface area contributed by atoms with E-state index in [-0.39, 0.29) is 0 Å². The van der Waals surface area contributed by atoms with Gasteiger partial charge in [-0.1, -0.05) is 53.1 Å². The van der Waals surface area contributed by atoms with Gasteiger partial charge in [-0.3, -0.25) is 0 Å². The van der Waals surface area contributed by atoms with E-state index in [1.54, 1.807) is 0 Å². The molecule has 0 aromatic carbocycles. The minimum atomic E-state index is 1.06. The van der Waals surface area contributed by atoms with E-state index >= 15 is 0 Å². The van der Waals surface area contributed by atoms with Crippen molar-refractivity contribution in [2.45, 2.75) is 46.0 Å². The Balaban J connectivity index is 2.79. The van der Waals surface area contributed by atoms with Gasteiger partial charge in [0, 0.05) is 0 Å². The smallest absolute Gasteiger partial charge is 0.0319 e. The third kappa shape index (κ3) is 10.2. The summed E-state index contributed by atoms with van der Waals surface area (Å²) < 4.78 is 0. The van der Waals surface area contributed by atoms with Crippen molar-refractivity contribution in [2.75, 3.05) is 6.16 Å². The normalized spacial score (nSPS) is 12.2. The first kappa shape index (κ1) is 11.2. The molecule has 0 fully saturated rings. The lowest BCUT2D eigenvalue weighted by atomic mass is 10.2. The lowest BCUT2D eigenvalue weighted by Crippen LogP contribution is -1.78. The second-order valence-corrected chi connectivity index (χ2v) is 4.11. The molecule has 0 saturated carbocycles. The van der Waals surface area contributed by atoms with E-state index in [9.17, 15) is 0 Å². The SMILES string of the molecule is CC=CPCCCCCCC. The van der Waals surface area contributed by atoms with Gasteiger partial charge in [-0.25, -0.2) is 0 Å². The van der Waals surface area contributed by atoms with Crippen molar-refractivity contribution in [2.24, 2.45) is 0 Å². The standard InChI is InChI=1S/C10H21P/c1-3-5-6-7-8-10-11-9-4-2/h4,9,11H,3,5-8,10H2,1-2H3. The van der Waals surface area contributed by atoms with Gasteiger partial charge in [0.15, 0.2) is 0 Å². The monoisotopic (exact) mass is 172 g/mol. The maximum absolute atomic E-state index is 2.29. The van der Waals surface area contributed by atoms with Crippen LogP contribution in [0.5, 0.6) is 0 Å². The molecule has 1 unspecified atom stereocenters. The average Bonchev–Trinajstić information content (AvgIpc) is 2.03. The van der Waals surface area contributed by atoms with E-state index in [1.165, 1.54) is 38.3 Å². The van der Waals surface area contributed by atoms with Gasteiger partial charge in [0.05, 0.1) is 0 Å². The Morgan fingerprint density at radius 1 is 1.09 bits per heavy atom. The number of allylic oxidation sites excluding steroid dienone is 1. The van der Waals surface area contributed by atoms with E-state index < -0.39 is 0 Å². The molecule has 0 aliphatic heterocycles. The number of rotatable bonds is 7. The van der Waals surface area contributed by atoms with Gasteiger partial charge in [0.1, 0.15) is 0 Å². The highest BCUT2D eigenvalue weighted by atomic mass is 31.1. The van der Waals surface area contributed by atoms with Crippen molar-refractivity contribution >= 4 is 8.58 Å². The minimum absolute atomic E-state index is 1.06. The Hall–Kier alpha value is 0.170. The van der Waals surface area contributed by atoms with Crippen LogP contribution in [0.1, 0.15) is 46.0 Å². The zero-order chi connectivity index (χ0) is 8.36. The van der Waals surface area contributed by atoms with Crippen LogP contribution in [-0.2, 0) is 0 Å². The lowest BCUT2D eigenvalue weighted by Gasteiger charge is -1.97. The van der Waals surface area contributed by atoms with Gasteiger partial charge in [0.2, 0.25) is 0 Å². The Labute approximate surface area is 73.2 Å². The van der Waals surface area contributed by atoms with Crippen molar-refractivity contribution in [1.82, 2.24) is 0 Å². The average molecular weight is 172 g/mol. The molecule has 1 atom stereocenters. The fraction of sp³-hybridized carbons (Fsp3) is 0.800. The summed E-state index contributed by atoms with van der Waals surface area (Å²) in [6, 6.07) is 0. The van der Waals surface area contributed by atoms with Crippen LogP contribution in [0.4, 0.5) is 0 Å². The van der Waals surface area contributed by atoms with Crippen LogP contribution >= 0.6 is 8.58 Å². The highest BCUT2D eigenvalue weighted by Gasteiger charge is 1.86. The fourth-order valence-corrected chi connectivity index (χ4v) is 1.89. The molecule has 0 aliphatic carbocycles. The Morgan fingerprint density at radius 2 is 1.82 bits per heavy atom. The van der Waals surface area contributed by atoms with Crippen LogP contribution in [0, 0.1) is 0 Å². The Morgan fingerprint density at radius 3 is 2.45 bits per heavy atom. The molecule has 0 rings (SSSR count). The van der Waals surface area contributed by atoms with Gasteiger partial charge in [0.25, 0.3) is 0 Å². The minimum Gasteiger partial charge on any atom is -0.0988 e. The summed E-state index contributed by atoms with van der Waals surface area (Å²) in [4.78, 5) is 0. The third-order valence-electron chi connectivity index (χ3n) is 1.71. The molecule has 0 saturated heterocycles. The maximum atomic E-state index is 2.29. The summed E-state index contributed by atoms with van der Waals surface area (Å²) in [5.41, 5.74) is 0. The molecule has 0 aliphatic rings. The van der Waals surface area contributed by atoms with Crippen molar-refractivity contribution in [3.63, 3.8) is 0 Å². The van der Waals surface area contributed by atoms with E-state index in [0.717, 1.165) is 8.58 Å². The van der Waals surface area contributed by atoms with E-state index in [2.05, 4.69) is 25.7 Å². The zero-order valence-electron chi connectivity index (χ0n) is 7.90. The Bertz CT molecular complexity index is 86.9. The molecule has 0 aromatic rings. The molecule has 0 radical (unpaired) electrons. The van der Waals surface area contributed by atoms with Gasteiger partial charge in [-0.2, -0.15) is 0 Å². The van der Waals surface area contributed by atoms with Crippen molar-refractivity contribution < 1.29 is 0 Å². The molecule has 0 spiro atoms. The van der Waals surface area contributed by atoms with Crippen LogP contribution in [0.15, 0.2) is 11.9 Å². The van der Waals surface area contributed by atoms with Crippen molar-refractivity contribution in [1.29, 1.82) is 0 Å². The van der Waals surface area contributed by atoms with Crippen LogP contribution in [0.2, 0.25) is 0 Å². The first-order valence-electron chi connectivity index (χ1n) is 4.76. The summed E-state index contributed by atoms with van der Waals surface area (Å²) in [6.07, 6.45) is 10.7. The van der Waals surface area contributed by atoms with Crippen molar-refractivity contribution in [3.8, 4) is 0 Å². The van der Waals surface area contributed by atoms with Crippen LogP contribution in [0.3, 0.4) is 0 Å². The van der Waals surface area contributed by atoms with Gasteiger partial charge in [-0.05, 0) is 19.5 Å². The van der Waals surface area contributed by atoms with Gasteiger partial charge >= 0.3 is 0 Å². The fourth-order valence-electron chi connectivity index (χ4n) is 1.03. The molecular formula is C10H21P. The summed E-state index contributed by atoms with van der Waals surface area (Å²) in [7, 11) is 1.06. The first-order valence-corrected chi connectivity index (χ1v) is 6.04. The quantitative estimate of drug-likeness (QED) is 0.399. The topological polar surface area (TPSA) is 0 Å². The summed E-state index contributed by atoms with van der Waals surface area (Å²) in [6.45, 7) is 4.37. The molecule has 0 amide bonds. The highest BCUT2D eigenvalue weighted by molar-refractivity contribution is 7.41. The molecular weight excluding hydrogens is 151 g/mol. The van der Waals surface area contributed by atoms with E-state index in [0.29, 0.717) is 0 Å². The molecule has 0 N–H and O–H groups in total. The summed E-state index contributed by atoms with van der Waals surface area (Å²) >= 11 is 0. The molecule has 0 bridgehead atoms. The van der Waals surface area contributed by atoms with Gasteiger partial charge in [-0.15, -0.1) is 0 Å². The molecule has 1 heteroatoms. The number of hydrogen-bond acceptors (Lipinski definition) is 0. The van der Waals surface area contributed by atoms with Gasteiger partial charge < -0.3 is 0 Å². The second kappa shape index (κ2) is 10.2. The molecule has 11 heavy (non-hydrogen) atoms. The summed E-state index contributed by atoms with van der Waals surface area (Å²) in [5, 5.41) is 0. The molecule has 66 valence electrons. The molecule has 0 nitrogen and oxygen atoms in total. The Kier molecular flexibility index (Phi) is 10.3. The second-order valence-electron chi connectivity index (χ2n) is 2.87. The lowest BCUT2D eigenvalue weighted by molar-refractivity contribution is 0.659. The predicted octanol–water partition coefficient (Wildman–Crippen LogP) is 4.17. The van der Waals surface area contributed by atoms with E-state index in [1.807, 2.05) is 0 Å². The first-order chi connectivity index (χ1) is 5.41. The van der Waals surface area contributed by atoms with Crippen LogP contribution in [0.25, 0.3) is 0 Å². The van der Waals surface area contributed by atoms with Crippen LogP contribution in [-0.4, -0.2) is 6.16 Å². The van der Waals surface area contributed by atoms with E-state index in [4.69, 9.17) is 0 Å². The predicted molar refractivity (Wildman–Crippen MR) is 56.8 cm³/mol. The largest absolute Gasteiger partial charge is 0.0988 e. The van der Waals surface area contributed by atoms with Crippen LogP contribution < -0.4 is 0 Å². The summed E-state index contributed by atoms with van der Waals surface area (Å²) in [5.74, 6) is 2.29.